The molecule has 0 saturated carbocycles. The number of carboxylic acids is 1. The molecule has 1 rings (SSSR count). The van der Waals surface area contributed by atoms with E-state index in [9.17, 15) is 13.6 Å². The van der Waals surface area contributed by atoms with E-state index in [0.29, 0.717) is 6.54 Å². The van der Waals surface area contributed by atoms with E-state index < -0.39 is 23.2 Å². The number of rotatable bonds is 3. The second kappa shape index (κ2) is 4.92. The molecule has 18 heavy (non-hydrogen) atoms. The second-order valence-electron chi connectivity index (χ2n) is 5.48. The third kappa shape index (κ3) is 3.18. The number of hydrogen-bond donors (Lipinski definition) is 1. The van der Waals surface area contributed by atoms with Crippen LogP contribution < -0.4 is 4.90 Å². The highest BCUT2D eigenvalue weighted by molar-refractivity contribution is 5.88. The molecule has 0 atom stereocenters. The summed E-state index contributed by atoms with van der Waals surface area (Å²) >= 11 is 0. The van der Waals surface area contributed by atoms with Crippen LogP contribution in [0.5, 0.6) is 0 Å². The van der Waals surface area contributed by atoms with Crippen molar-refractivity contribution in [3.05, 3.63) is 29.3 Å². The molecular weight excluding hydrogens is 240 g/mol. The van der Waals surface area contributed by atoms with Gasteiger partial charge in [0, 0.05) is 13.6 Å². The van der Waals surface area contributed by atoms with Gasteiger partial charge in [0.2, 0.25) is 0 Å². The molecule has 1 aromatic rings. The van der Waals surface area contributed by atoms with Crippen LogP contribution in [0.3, 0.4) is 0 Å². The quantitative estimate of drug-likeness (QED) is 0.904. The molecule has 0 aliphatic heterocycles. The van der Waals surface area contributed by atoms with Gasteiger partial charge in [-0.2, -0.15) is 0 Å². The SMILES string of the molecule is CN(CC(C)(C)C)c1ccc(C(=O)O)c(F)c1F. The van der Waals surface area contributed by atoms with Crippen LogP contribution >= 0.6 is 0 Å². The van der Waals surface area contributed by atoms with Crippen LogP contribution in [-0.2, 0) is 0 Å². The van der Waals surface area contributed by atoms with Gasteiger partial charge in [-0.25, -0.2) is 13.6 Å². The van der Waals surface area contributed by atoms with Crippen molar-refractivity contribution in [3.63, 3.8) is 0 Å². The summed E-state index contributed by atoms with van der Waals surface area (Å²) in [4.78, 5) is 12.2. The van der Waals surface area contributed by atoms with Crippen LogP contribution in [-0.4, -0.2) is 24.7 Å². The minimum atomic E-state index is -1.48. The molecule has 0 fully saturated rings. The van der Waals surface area contributed by atoms with Crippen LogP contribution in [0.1, 0.15) is 31.1 Å². The Hall–Kier alpha value is -1.65. The van der Waals surface area contributed by atoms with Gasteiger partial charge in [-0.3, -0.25) is 0 Å². The number of benzene rings is 1. The highest BCUT2D eigenvalue weighted by Gasteiger charge is 2.22. The highest BCUT2D eigenvalue weighted by atomic mass is 19.2. The van der Waals surface area contributed by atoms with Gasteiger partial charge in [-0.15, -0.1) is 0 Å². The second-order valence-corrected chi connectivity index (χ2v) is 5.48. The predicted molar refractivity (Wildman–Crippen MR) is 66.0 cm³/mol. The maximum Gasteiger partial charge on any atom is 0.338 e. The first kappa shape index (κ1) is 14.4. The number of nitrogens with zero attached hydrogens (tertiary/aromatic N) is 1. The van der Waals surface area contributed by atoms with Crippen molar-refractivity contribution in [1.29, 1.82) is 0 Å². The van der Waals surface area contributed by atoms with Crippen LogP contribution in [0.2, 0.25) is 0 Å². The zero-order valence-electron chi connectivity index (χ0n) is 10.9. The molecule has 100 valence electrons. The molecule has 0 spiro atoms. The van der Waals surface area contributed by atoms with E-state index in [4.69, 9.17) is 5.11 Å². The number of anilines is 1. The average Bonchev–Trinajstić information content (AvgIpc) is 2.18. The summed E-state index contributed by atoms with van der Waals surface area (Å²) in [6.07, 6.45) is 0. The summed E-state index contributed by atoms with van der Waals surface area (Å²) < 4.78 is 27.3. The van der Waals surface area contributed by atoms with Crippen LogP contribution in [0.4, 0.5) is 14.5 Å². The topological polar surface area (TPSA) is 40.5 Å². The van der Waals surface area contributed by atoms with E-state index >= 15 is 0 Å². The van der Waals surface area contributed by atoms with Gasteiger partial charge in [-0.05, 0) is 17.5 Å². The van der Waals surface area contributed by atoms with Gasteiger partial charge in [0.25, 0.3) is 0 Å². The van der Waals surface area contributed by atoms with Crippen molar-refractivity contribution in [2.24, 2.45) is 5.41 Å². The maximum atomic E-state index is 13.8. The lowest BCUT2D eigenvalue weighted by molar-refractivity contribution is 0.0690. The fourth-order valence-electron chi connectivity index (χ4n) is 1.80. The van der Waals surface area contributed by atoms with Crippen LogP contribution in [0.25, 0.3) is 0 Å². The van der Waals surface area contributed by atoms with Gasteiger partial charge in [0.05, 0.1) is 11.3 Å². The first-order valence-electron chi connectivity index (χ1n) is 5.56. The maximum absolute atomic E-state index is 13.8. The Morgan fingerprint density at radius 2 is 1.83 bits per heavy atom. The van der Waals surface area contributed by atoms with Gasteiger partial charge in [0.15, 0.2) is 11.6 Å². The highest BCUT2D eigenvalue weighted by Crippen LogP contribution is 2.26. The smallest absolute Gasteiger partial charge is 0.338 e. The molecule has 0 heterocycles. The Balaban J connectivity index is 3.13. The molecule has 0 saturated heterocycles. The van der Waals surface area contributed by atoms with Crippen LogP contribution in [0, 0.1) is 17.0 Å². The summed E-state index contributed by atoms with van der Waals surface area (Å²) in [6.45, 7) is 6.45. The molecule has 0 unspecified atom stereocenters. The number of carbonyl (C=O) groups is 1. The number of halogens is 2. The molecule has 1 N–H and O–H groups in total. The van der Waals surface area contributed by atoms with E-state index in [0.717, 1.165) is 6.07 Å². The molecular formula is C13H17F2NO2. The summed E-state index contributed by atoms with van der Waals surface area (Å²) in [5, 5.41) is 8.69. The third-order valence-corrected chi connectivity index (χ3v) is 2.42. The molecule has 1 aromatic carbocycles. The molecule has 0 aromatic heterocycles. The summed E-state index contributed by atoms with van der Waals surface area (Å²) in [6, 6.07) is 2.36. The minimum Gasteiger partial charge on any atom is -0.478 e. The molecule has 0 bridgehead atoms. The van der Waals surface area contributed by atoms with E-state index in [1.807, 2.05) is 20.8 Å². The molecule has 3 nitrogen and oxygen atoms in total. The van der Waals surface area contributed by atoms with Crippen molar-refractivity contribution in [3.8, 4) is 0 Å². The van der Waals surface area contributed by atoms with E-state index in [1.165, 1.54) is 6.07 Å². The molecule has 0 aliphatic carbocycles. The monoisotopic (exact) mass is 257 g/mol. The first-order valence-corrected chi connectivity index (χ1v) is 5.56. The van der Waals surface area contributed by atoms with Crippen LogP contribution in [0.15, 0.2) is 12.1 Å². The fourth-order valence-corrected chi connectivity index (χ4v) is 1.80. The van der Waals surface area contributed by atoms with Crippen molar-refractivity contribution in [1.82, 2.24) is 0 Å². The fraction of sp³-hybridized carbons (Fsp3) is 0.462. The van der Waals surface area contributed by atoms with Gasteiger partial charge >= 0.3 is 5.97 Å². The van der Waals surface area contributed by atoms with E-state index in [1.54, 1.807) is 11.9 Å². The molecule has 0 amide bonds. The van der Waals surface area contributed by atoms with Gasteiger partial charge in [0.1, 0.15) is 0 Å². The normalized spacial score (nSPS) is 11.4. The van der Waals surface area contributed by atoms with Crippen molar-refractivity contribution >= 4 is 11.7 Å². The number of hydrogen-bond acceptors (Lipinski definition) is 2. The Morgan fingerprint density at radius 3 is 2.28 bits per heavy atom. The molecule has 0 radical (unpaired) electrons. The Morgan fingerprint density at radius 1 is 1.28 bits per heavy atom. The van der Waals surface area contributed by atoms with Gasteiger partial charge < -0.3 is 10.0 Å². The summed E-state index contributed by atoms with van der Waals surface area (Å²) in [5.74, 6) is -3.92. The Bertz CT molecular complexity index is 467. The average molecular weight is 257 g/mol. The lowest BCUT2D eigenvalue weighted by Crippen LogP contribution is -2.30. The predicted octanol–water partition coefficient (Wildman–Crippen LogP) is 3.15. The minimum absolute atomic E-state index is 0.0624. The number of aromatic carboxylic acids is 1. The molecule has 5 heteroatoms. The third-order valence-electron chi connectivity index (χ3n) is 2.42. The van der Waals surface area contributed by atoms with E-state index in [2.05, 4.69) is 0 Å². The Kier molecular flexibility index (Phi) is 3.94. The first-order chi connectivity index (χ1) is 8.13. The van der Waals surface area contributed by atoms with Crippen molar-refractivity contribution in [2.75, 3.05) is 18.5 Å². The lowest BCUT2D eigenvalue weighted by atomic mass is 9.96. The standard InChI is InChI=1S/C13H17F2NO2/c1-13(2,3)7-16(4)9-6-5-8(12(17)18)10(14)11(9)15/h5-6H,7H2,1-4H3,(H,17,18). The largest absolute Gasteiger partial charge is 0.478 e. The zero-order chi connectivity index (χ0) is 14.1. The van der Waals surface area contributed by atoms with E-state index in [-0.39, 0.29) is 11.1 Å². The van der Waals surface area contributed by atoms with Crippen molar-refractivity contribution < 1.29 is 18.7 Å². The zero-order valence-corrected chi connectivity index (χ0v) is 10.9. The van der Waals surface area contributed by atoms with Gasteiger partial charge in [-0.1, -0.05) is 20.8 Å². The van der Waals surface area contributed by atoms with Crippen molar-refractivity contribution in [2.45, 2.75) is 20.8 Å². The molecule has 0 aliphatic rings. The summed E-state index contributed by atoms with van der Waals surface area (Å²) in [7, 11) is 1.64. The summed E-state index contributed by atoms with van der Waals surface area (Å²) in [5.41, 5.74) is -0.670. The Labute approximate surface area is 105 Å². The lowest BCUT2D eigenvalue weighted by Gasteiger charge is -2.28. The number of carboxylic acid groups (broad SMARTS) is 1.